The molecule has 1 N–H and O–H groups in total. The molecule has 2 aliphatic rings. The molecule has 0 spiro atoms. The third-order valence-corrected chi connectivity index (χ3v) is 9.11. The zero-order valence-electron chi connectivity index (χ0n) is 20.6. The Morgan fingerprint density at radius 3 is 2.67 bits per heavy atom. The molecule has 33 heavy (non-hydrogen) atoms. The molecule has 0 aliphatic heterocycles. The number of hydrogen-bond acceptors (Lipinski definition) is 4. The molecule has 1 heterocycles. The van der Waals surface area contributed by atoms with Crippen molar-refractivity contribution in [2.45, 2.75) is 78.1 Å². The highest BCUT2D eigenvalue weighted by atomic mass is 32.1. The van der Waals surface area contributed by atoms with Gasteiger partial charge in [0.15, 0.2) is 6.61 Å². The van der Waals surface area contributed by atoms with E-state index in [0.29, 0.717) is 23.3 Å². The van der Waals surface area contributed by atoms with E-state index < -0.39 is 5.97 Å². The number of carbonyl (C=O) groups is 2. The lowest BCUT2D eigenvalue weighted by Gasteiger charge is -2.55. The second kappa shape index (κ2) is 9.25. The van der Waals surface area contributed by atoms with Crippen LogP contribution in [0.15, 0.2) is 30.3 Å². The van der Waals surface area contributed by atoms with Gasteiger partial charge in [0.2, 0.25) is 0 Å². The molecule has 3 unspecified atom stereocenters. The van der Waals surface area contributed by atoms with Crippen LogP contribution in [-0.4, -0.2) is 25.0 Å². The van der Waals surface area contributed by atoms with Crippen LogP contribution >= 0.6 is 11.3 Å². The van der Waals surface area contributed by atoms with Crippen LogP contribution in [0.1, 0.15) is 90.5 Å². The van der Waals surface area contributed by atoms with Gasteiger partial charge in [0.25, 0.3) is 5.91 Å². The molecule has 0 saturated heterocycles. The fraction of sp³-hybridized carbons (Fsp3) is 0.571. The van der Waals surface area contributed by atoms with Crippen molar-refractivity contribution >= 4 is 23.2 Å². The molecule has 5 heteroatoms. The summed E-state index contributed by atoms with van der Waals surface area (Å²) < 4.78 is 5.24. The lowest BCUT2D eigenvalue weighted by molar-refractivity contribution is -0.125. The maximum absolute atomic E-state index is 12.5. The van der Waals surface area contributed by atoms with Crippen LogP contribution in [-0.2, 0) is 21.4 Å². The van der Waals surface area contributed by atoms with Gasteiger partial charge in [0.1, 0.15) is 4.88 Å². The molecular weight excluding hydrogens is 430 g/mol. The standard InChI is InChI=1S/C28H37NO3S/c1-18(2)20-8-10-22-21(15-20)9-12-24-27(4,13-6-14-28(22,24)5)17-29-25(30)16-32-26(31)23-11-7-19(3)33-23/h7-8,10-11,15,18,24H,6,9,12-14,16-17H2,1-5H3,(H,29,30). The normalized spacial score (nSPS) is 26.4. The highest BCUT2D eigenvalue weighted by molar-refractivity contribution is 7.13. The quantitative estimate of drug-likeness (QED) is 0.517. The number of aryl methyl sites for hydroxylation is 2. The van der Waals surface area contributed by atoms with E-state index in [-0.39, 0.29) is 23.3 Å². The third kappa shape index (κ3) is 4.75. The summed E-state index contributed by atoms with van der Waals surface area (Å²) in [5.41, 5.74) is 4.63. The summed E-state index contributed by atoms with van der Waals surface area (Å²) in [6.07, 6.45) is 5.74. The number of rotatable bonds is 6. The molecule has 178 valence electrons. The van der Waals surface area contributed by atoms with Crippen molar-refractivity contribution in [3.8, 4) is 0 Å². The summed E-state index contributed by atoms with van der Waals surface area (Å²) in [5, 5.41) is 3.09. The van der Waals surface area contributed by atoms with Gasteiger partial charge in [0, 0.05) is 11.4 Å². The van der Waals surface area contributed by atoms with Crippen molar-refractivity contribution in [3.63, 3.8) is 0 Å². The monoisotopic (exact) mass is 467 g/mol. The maximum atomic E-state index is 12.5. The van der Waals surface area contributed by atoms with Crippen LogP contribution in [0.4, 0.5) is 0 Å². The molecule has 2 aromatic rings. The number of nitrogens with one attached hydrogen (secondary N) is 1. The van der Waals surface area contributed by atoms with Crippen molar-refractivity contribution in [3.05, 3.63) is 56.8 Å². The van der Waals surface area contributed by atoms with Gasteiger partial charge in [-0.2, -0.15) is 0 Å². The molecule has 3 atom stereocenters. The lowest BCUT2D eigenvalue weighted by atomic mass is 9.49. The Bertz CT molecular complexity index is 1040. The Kier molecular flexibility index (Phi) is 6.73. The Morgan fingerprint density at radius 2 is 1.97 bits per heavy atom. The third-order valence-electron chi connectivity index (χ3n) is 8.13. The minimum atomic E-state index is -0.427. The number of carbonyl (C=O) groups excluding carboxylic acids is 2. The van der Waals surface area contributed by atoms with Gasteiger partial charge in [0.05, 0.1) is 0 Å². The average Bonchev–Trinajstić information content (AvgIpc) is 3.22. The number of esters is 1. The molecular formula is C28H37NO3S. The van der Waals surface area contributed by atoms with Crippen LogP contribution in [0.25, 0.3) is 0 Å². The zero-order chi connectivity index (χ0) is 23.8. The summed E-state index contributed by atoms with van der Waals surface area (Å²) in [5.74, 6) is 0.422. The first kappa shape index (κ1) is 24.0. The average molecular weight is 468 g/mol. The van der Waals surface area contributed by atoms with Crippen molar-refractivity contribution < 1.29 is 14.3 Å². The zero-order valence-corrected chi connectivity index (χ0v) is 21.4. The number of amides is 1. The number of fused-ring (bicyclic) bond motifs is 3. The summed E-state index contributed by atoms with van der Waals surface area (Å²) >= 11 is 1.39. The van der Waals surface area contributed by atoms with Gasteiger partial charge in [-0.25, -0.2) is 4.79 Å². The first-order valence-corrected chi connectivity index (χ1v) is 13.1. The minimum Gasteiger partial charge on any atom is -0.451 e. The SMILES string of the molecule is Cc1ccc(C(=O)OCC(=O)NCC2(C)CCCC3(C)c4ccc(C(C)C)cc4CCC23)s1. The van der Waals surface area contributed by atoms with E-state index in [9.17, 15) is 9.59 Å². The van der Waals surface area contributed by atoms with E-state index in [2.05, 4.69) is 51.2 Å². The Balaban J connectivity index is 1.41. The molecule has 4 rings (SSSR count). The minimum absolute atomic E-state index is 0.0337. The highest BCUT2D eigenvalue weighted by Crippen LogP contribution is 2.57. The van der Waals surface area contributed by atoms with Gasteiger partial charge in [-0.1, -0.05) is 52.3 Å². The first-order chi connectivity index (χ1) is 15.6. The van der Waals surface area contributed by atoms with Gasteiger partial charge in [-0.15, -0.1) is 11.3 Å². The Hall–Kier alpha value is -2.14. The molecule has 4 nitrogen and oxygen atoms in total. The molecule has 1 amide bonds. The van der Waals surface area contributed by atoms with Crippen LogP contribution in [0.5, 0.6) is 0 Å². The molecule has 0 radical (unpaired) electrons. The molecule has 1 aromatic carbocycles. The lowest BCUT2D eigenvalue weighted by Crippen LogP contribution is -2.53. The molecule has 0 bridgehead atoms. The van der Waals surface area contributed by atoms with Gasteiger partial charge >= 0.3 is 5.97 Å². The molecule has 2 aliphatic carbocycles. The van der Waals surface area contributed by atoms with Gasteiger partial charge in [-0.05, 0) is 84.1 Å². The van der Waals surface area contributed by atoms with E-state index in [4.69, 9.17) is 4.74 Å². The second-order valence-corrected chi connectivity index (χ2v) is 12.1. The molecule has 1 fully saturated rings. The smallest absolute Gasteiger partial charge is 0.348 e. The predicted octanol–water partition coefficient (Wildman–Crippen LogP) is 6.16. The van der Waals surface area contributed by atoms with E-state index in [1.54, 1.807) is 6.07 Å². The maximum Gasteiger partial charge on any atom is 0.348 e. The second-order valence-electron chi connectivity index (χ2n) is 10.9. The predicted molar refractivity (Wildman–Crippen MR) is 134 cm³/mol. The summed E-state index contributed by atoms with van der Waals surface area (Å²) in [4.78, 5) is 26.3. The summed E-state index contributed by atoms with van der Waals surface area (Å²) in [6, 6.07) is 10.8. The fourth-order valence-electron chi connectivity index (χ4n) is 6.31. The number of ether oxygens (including phenoxy) is 1. The van der Waals surface area contributed by atoms with Crippen LogP contribution < -0.4 is 5.32 Å². The van der Waals surface area contributed by atoms with Crippen LogP contribution in [0.2, 0.25) is 0 Å². The van der Waals surface area contributed by atoms with Crippen molar-refractivity contribution in [2.75, 3.05) is 13.2 Å². The van der Waals surface area contributed by atoms with Gasteiger partial charge < -0.3 is 10.1 Å². The number of benzene rings is 1. The van der Waals surface area contributed by atoms with Crippen molar-refractivity contribution in [1.29, 1.82) is 0 Å². The summed E-state index contributed by atoms with van der Waals surface area (Å²) in [6.45, 7) is 11.6. The Morgan fingerprint density at radius 1 is 1.18 bits per heavy atom. The van der Waals surface area contributed by atoms with Crippen LogP contribution in [0, 0.1) is 18.3 Å². The molecule has 1 saturated carbocycles. The van der Waals surface area contributed by atoms with Gasteiger partial charge in [-0.3, -0.25) is 4.79 Å². The number of thiophene rings is 1. The topological polar surface area (TPSA) is 55.4 Å². The largest absolute Gasteiger partial charge is 0.451 e. The van der Waals surface area contributed by atoms with Crippen LogP contribution in [0.3, 0.4) is 0 Å². The van der Waals surface area contributed by atoms with E-state index in [1.165, 1.54) is 34.4 Å². The van der Waals surface area contributed by atoms with Crippen molar-refractivity contribution in [1.82, 2.24) is 5.32 Å². The highest BCUT2D eigenvalue weighted by Gasteiger charge is 2.51. The van der Waals surface area contributed by atoms with E-state index >= 15 is 0 Å². The molecule has 1 aromatic heterocycles. The fourth-order valence-corrected chi connectivity index (χ4v) is 7.07. The van der Waals surface area contributed by atoms with E-state index in [0.717, 1.165) is 30.6 Å². The Labute approximate surface area is 202 Å². The van der Waals surface area contributed by atoms with E-state index in [1.807, 2.05) is 13.0 Å². The summed E-state index contributed by atoms with van der Waals surface area (Å²) in [7, 11) is 0. The first-order valence-electron chi connectivity index (χ1n) is 12.3. The van der Waals surface area contributed by atoms with Crippen molar-refractivity contribution in [2.24, 2.45) is 11.3 Å². The number of hydrogen-bond donors (Lipinski definition) is 1.